The lowest BCUT2D eigenvalue weighted by atomic mass is 9.87. The van der Waals surface area contributed by atoms with Gasteiger partial charge in [-0.05, 0) is 26.7 Å². The molecular weight excluding hydrogens is 258 g/mol. The second-order valence-electron chi connectivity index (χ2n) is 6.26. The van der Waals surface area contributed by atoms with Gasteiger partial charge >= 0.3 is 6.03 Å². The lowest BCUT2D eigenvalue weighted by molar-refractivity contribution is -0.140. The Hall–Kier alpha value is -1.59. The number of carbonyl (C=O) groups excluding carboxylic acids is 3. The number of hydrogen-bond donors (Lipinski definition) is 1. The van der Waals surface area contributed by atoms with Crippen LogP contribution in [0.25, 0.3) is 0 Å². The lowest BCUT2D eigenvalue weighted by Crippen LogP contribution is -2.56. The van der Waals surface area contributed by atoms with Crippen molar-refractivity contribution < 1.29 is 14.4 Å². The summed E-state index contributed by atoms with van der Waals surface area (Å²) in [6.45, 7) is 8.44. The Kier molecular flexibility index (Phi) is 3.75. The first-order valence-electron chi connectivity index (χ1n) is 7.23. The first kappa shape index (κ1) is 14.8. The van der Waals surface area contributed by atoms with Gasteiger partial charge in [0.15, 0.2) is 0 Å². The Morgan fingerprint density at radius 3 is 2.10 bits per heavy atom. The van der Waals surface area contributed by atoms with Crippen LogP contribution in [0.3, 0.4) is 0 Å². The molecular formula is C14H23N3O3. The second-order valence-corrected chi connectivity index (χ2v) is 6.26. The normalized spacial score (nSPS) is 22.1. The molecule has 6 nitrogen and oxygen atoms in total. The van der Waals surface area contributed by atoms with Gasteiger partial charge in [0.1, 0.15) is 5.54 Å². The van der Waals surface area contributed by atoms with Crippen LogP contribution in [0.2, 0.25) is 0 Å². The smallest absolute Gasteiger partial charge is 0.325 e. The minimum Gasteiger partial charge on any atom is -0.342 e. The fourth-order valence-corrected chi connectivity index (χ4v) is 2.92. The van der Waals surface area contributed by atoms with Gasteiger partial charge in [-0.2, -0.15) is 0 Å². The van der Waals surface area contributed by atoms with E-state index in [0.29, 0.717) is 25.9 Å². The maximum Gasteiger partial charge on any atom is 0.325 e. The highest BCUT2D eigenvalue weighted by Crippen LogP contribution is 2.30. The van der Waals surface area contributed by atoms with E-state index in [4.69, 9.17) is 0 Å². The minimum absolute atomic E-state index is 0.0370. The summed E-state index contributed by atoms with van der Waals surface area (Å²) in [5.74, 6) is -0.0726. The quantitative estimate of drug-likeness (QED) is 0.767. The maximum atomic E-state index is 12.5. The molecule has 0 radical (unpaired) electrons. The molecule has 0 atom stereocenters. The van der Waals surface area contributed by atoms with Crippen molar-refractivity contribution in [1.29, 1.82) is 0 Å². The van der Waals surface area contributed by atoms with Crippen LogP contribution in [0.5, 0.6) is 0 Å². The molecule has 20 heavy (non-hydrogen) atoms. The summed E-state index contributed by atoms with van der Waals surface area (Å²) in [6.07, 6.45) is 0.999. The Morgan fingerprint density at radius 1 is 1.15 bits per heavy atom. The molecule has 2 aliphatic heterocycles. The van der Waals surface area contributed by atoms with Crippen molar-refractivity contribution in [3.8, 4) is 0 Å². The molecule has 2 saturated heterocycles. The molecule has 6 heteroatoms. The average Bonchev–Trinajstić information content (AvgIpc) is 2.61. The number of nitrogens with zero attached hydrogens (tertiary/aromatic N) is 2. The van der Waals surface area contributed by atoms with Crippen LogP contribution in [0.1, 0.15) is 40.5 Å². The van der Waals surface area contributed by atoms with Gasteiger partial charge in [-0.15, -0.1) is 0 Å². The van der Waals surface area contributed by atoms with Crippen molar-refractivity contribution in [1.82, 2.24) is 15.1 Å². The fourth-order valence-electron chi connectivity index (χ4n) is 2.92. The molecule has 2 rings (SSSR count). The van der Waals surface area contributed by atoms with Crippen molar-refractivity contribution >= 4 is 17.8 Å². The Labute approximate surface area is 119 Å². The van der Waals surface area contributed by atoms with Crippen LogP contribution in [0, 0.1) is 5.92 Å². The summed E-state index contributed by atoms with van der Waals surface area (Å²) < 4.78 is 0. The van der Waals surface area contributed by atoms with Gasteiger partial charge in [0.2, 0.25) is 5.91 Å². The van der Waals surface area contributed by atoms with E-state index in [2.05, 4.69) is 5.32 Å². The summed E-state index contributed by atoms with van der Waals surface area (Å²) in [7, 11) is 0. The van der Waals surface area contributed by atoms with Gasteiger partial charge in [0, 0.05) is 25.0 Å². The number of rotatable bonds is 2. The number of amides is 4. The Bertz CT molecular complexity index is 437. The van der Waals surface area contributed by atoms with E-state index < -0.39 is 5.54 Å². The maximum absolute atomic E-state index is 12.5. The largest absolute Gasteiger partial charge is 0.342 e. The standard InChI is InChI=1S/C14H23N3O3/c1-9(2)11(18)16-7-5-14(6-8-16)12(19)17(10(3)4)13(20)15-14/h9-10H,5-8H2,1-4H3,(H,15,20). The van der Waals surface area contributed by atoms with Gasteiger partial charge in [0.25, 0.3) is 5.91 Å². The molecule has 0 bridgehead atoms. The minimum atomic E-state index is -0.797. The fraction of sp³-hybridized carbons (Fsp3) is 0.786. The van der Waals surface area contributed by atoms with Gasteiger partial charge in [-0.25, -0.2) is 4.79 Å². The highest BCUT2D eigenvalue weighted by molar-refractivity contribution is 6.07. The van der Waals surface area contributed by atoms with Crippen LogP contribution >= 0.6 is 0 Å². The molecule has 0 saturated carbocycles. The van der Waals surface area contributed by atoms with Gasteiger partial charge in [-0.1, -0.05) is 13.8 Å². The number of imide groups is 1. The van der Waals surface area contributed by atoms with Crippen LogP contribution in [0.15, 0.2) is 0 Å². The second kappa shape index (κ2) is 5.07. The molecule has 0 aromatic heterocycles. The third-order valence-corrected chi connectivity index (χ3v) is 4.13. The summed E-state index contributed by atoms with van der Waals surface area (Å²) in [5.41, 5.74) is -0.797. The van der Waals surface area contributed by atoms with Crippen LogP contribution in [0.4, 0.5) is 4.79 Å². The SMILES string of the molecule is CC(C)C(=O)N1CCC2(CC1)NC(=O)N(C(C)C)C2=O. The van der Waals surface area contributed by atoms with Gasteiger partial charge in [0.05, 0.1) is 0 Å². The lowest BCUT2D eigenvalue weighted by Gasteiger charge is -2.38. The topological polar surface area (TPSA) is 69.7 Å². The zero-order valence-electron chi connectivity index (χ0n) is 12.6. The third-order valence-electron chi connectivity index (χ3n) is 4.13. The predicted octanol–water partition coefficient (Wildman–Crippen LogP) is 0.964. The zero-order valence-corrected chi connectivity index (χ0v) is 12.6. The van der Waals surface area contributed by atoms with Gasteiger partial charge < -0.3 is 10.2 Å². The molecule has 1 N–H and O–H groups in total. The predicted molar refractivity (Wildman–Crippen MR) is 73.9 cm³/mol. The van der Waals surface area contributed by atoms with Crippen molar-refractivity contribution in [2.75, 3.05) is 13.1 Å². The summed E-state index contributed by atoms with van der Waals surface area (Å²) in [5, 5.41) is 2.84. The number of likely N-dealkylation sites (tertiary alicyclic amines) is 1. The van der Waals surface area contributed by atoms with Crippen LogP contribution in [-0.4, -0.2) is 52.3 Å². The third kappa shape index (κ3) is 2.27. The molecule has 0 aromatic carbocycles. The molecule has 0 aromatic rings. The van der Waals surface area contributed by atoms with E-state index >= 15 is 0 Å². The molecule has 0 aliphatic carbocycles. The van der Waals surface area contributed by atoms with E-state index in [9.17, 15) is 14.4 Å². The first-order chi connectivity index (χ1) is 9.28. The molecule has 112 valence electrons. The molecule has 4 amide bonds. The summed E-state index contributed by atoms with van der Waals surface area (Å²) in [4.78, 5) is 39.5. The van der Waals surface area contributed by atoms with E-state index in [0.717, 1.165) is 0 Å². The molecule has 2 aliphatic rings. The highest BCUT2D eigenvalue weighted by Gasteiger charge is 2.53. The first-order valence-corrected chi connectivity index (χ1v) is 7.23. The molecule has 0 unspecified atom stereocenters. The molecule has 2 fully saturated rings. The van der Waals surface area contributed by atoms with Crippen molar-refractivity contribution in [2.24, 2.45) is 5.92 Å². The average molecular weight is 281 g/mol. The molecule has 2 heterocycles. The van der Waals surface area contributed by atoms with Crippen molar-refractivity contribution in [2.45, 2.75) is 52.1 Å². The number of carbonyl (C=O) groups is 3. The summed E-state index contributed by atoms with van der Waals surface area (Å²) in [6, 6.07) is -0.453. The number of hydrogen-bond acceptors (Lipinski definition) is 3. The van der Waals surface area contributed by atoms with Crippen LogP contribution < -0.4 is 5.32 Å². The summed E-state index contributed by atoms with van der Waals surface area (Å²) >= 11 is 0. The van der Waals surface area contributed by atoms with E-state index in [1.165, 1.54) is 4.90 Å². The number of urea groups is 1. The Morgan fingerprint density at radius 2 is 1.70 bits per heavy atom. The van der Waals surface area contributed by atoms with Crippen molar-refractivity contribution in [3.05, 3.63) is 0 Å². The van der Waals surface area contributed by atoms with E-state index in [1.807, 2.05) is 27.7 Å². The number of piperidine rings is 1. The Balaban J connectivity index is 2.08. The molecule has 1 spiro atoms. The monoisotopic (exact) mass is 281 g/mol. The highest BCUT2D eigenvalue weighted by atomic mass is 16.2. The van der Waals surface area contributed by atoms with Crippen LogP contribution in [-0.2, 0) is 9.59 Å². The van der Waals surface area contributed by atoms with E-state index in [-0.39, 0.29) is 29.8 Å². The zero-order chi connectivity index (χ0) is 15.1. The number of nitrogens with one attached hydrogen (secondary N) is 1. The van der Waals surface area contributed by atoms with Crippen molar-refractivity contribution in [3.63, 3.8) is 0 Å². The van der Waals surface area contributed by atoms with E-state index in [1.54, 1.807) is 4.90 Å². The van der Waals surface area contributed by atoms with Gasteiger partial charge in [-0.3, -0.25) is 14.5 Å².